The van der Waals surface area contributed by atoms with Crippen LogP contribution in [0, 0.1) is 17.0 Å². The van der Waals surface area contributed by atoms with E-state index in [9.17, 15) is 15.2 Å². The van der Waals surface area contributed by atoms with E-state index in [0.717, 1.165) is 22.7 Å². The summed E-state index contributed by atoms with van der Waals surface area (Å²) in [6, 6.07) is 17.5. The van der Waals surface area contributed by atoms with Gasteiger partial charge in [-0.25, -0.2) is 9.97 Å². The Morgan fingerprint density at radius 1 is 1.07 bits per heavy atom. The average molecular weight is 388 g/mol. The van der Waals surface area contributed by atoms with Gasteiger partial charge in [0, 0.05) is 17.8 Å². The van der Waals surface area contributed by atoms with Gasteiger partial charge in [0.2, 0.25) is 0 Å². The minimum atomic E-state index is -0.647. The van der Waals surface area contributed by atoms with Crippen LogP contribution >= 0.6 is 0 Å². The zero-order valence-electron chi connectivity index (χ0n) is 15.4. The lowest BCUT2D eigenvalue weighted by Crippen LogP contribution is -1.98. The molecular weight excluding hydrogens is 372 g/mol. The second-order valence-electron chi connectivity index (χ2n) is 6.36. The number of aromatic nitrogens is 2. The molecule has 2 N–H and O–H groups in total. The summed E-state index contributed by atoms with van der Waals surface area (Å²) in [6.07, 6.45) is 1.33. The largest absolute Gasteiger partial charge is 0.502 e. The number of hydrogen-bond acceptors (Lipinski definition) is 7. The third kappa shape index (κ3) is 3.77. The summed E-state index contributed by atoms with van der Waals surface area (Å²) in [4.78, 5) is 18.8. The average Bonchev–Trinajstić information content (AvgIpc) is 2.70. The topological polar surface area (TPSA) is 110 Å². The molecule has 1 aromatic heterocycles. The van der Waals surface area contributed by atoms with Gasteiger partial charge < -0.3 is 15.2 Å². The van der Waals surface area contributed by atoms with Crippen LogP contribution < -0.4 is 10.1 Å². The lowest BCUT2D eigenvalue weighted by Gasteiger charge is -2.12. The number of ether oxygens (including phenoxy) is 1. The monoisotopic (exact) mass is 388 g/mol. The standard InChI is InChI=1S/C21H16N4O4/c1-13-9-14(7-8-20(13)29-15-5-3-2-4-6-15)24-21-16-10-18(25(27)28)19(26)11-17(16)22-12-23-21/h2-12,26H,1H3,(H,22,23,24). The lowest BCUT2D eigenvalue weighted by molar-refractivity contribution is -0.385. The van der Waals surface area contributed by atoms with Gasteiger partial charge in [-0.2, -0.15) is 0 Å². The summed E-state index contributed by atoms with van der Waals surface area (Å²) in [5.41, 5.74) is 1.63. The van der Waals surface area contributed by atoms with Gasteiger partial charge in [-0.3, -0.25) is 10.1 Å². The van der Waals surface area contributed by atoms with Crippen LogP contribution in [0.3, 0.4) is 0 Å². The van der Waals surface area contributed by atoms with E-state index in [-0.39, 0.29) is 0 Å². The van der Waals surface area contributed by atoms with Crippen molar-refractivity contribution in [3.05, 3.63) is 82.7 Å². The van der Waals surface area contributed by atoms with Crippen molar-refractivity contribution in [2.75, 3.05) is 5.32 Å². The van der Waals surface area contributed by atoms with Gasteiger partial charge in [-0.05, 0) is 42.8 Å². The maximum Gasteiger partial charge on any atom is 0.311 e. The Morgan fingerprint density at radius 3 is 2.59 bits per heavy atom. The first-order valence-electron chi connectivity index (χ1n) is 8.74. The van der Waals surface area contributed by atoms with Crippen LogP contribution in [0.5, 0.6) is 17.2 Å². The molecule has 1 heterocycles. The lowest BCUT2D eigenvalue weighted by atomic mass is 10.1. The number of phenolic OH excluding ortho intramolecular Hbond substituents is 1. The molecule has 0 aliphatic heterocycles. The summed E-state index contributed by atoms with van der Waals surface area (Å²) in [5.74, 6) is 1.42. The number of nitro benzene ring substituents is 1. The number of nitrogens with zero attached hydrogens (tertiary/aromatic N) is 3. The quantitative estimate of drug-likeness (QED) is 0.362. The fraction of sp³-hybridized carbons (Fsp3) is 0.0476. The molecule has 3 aromatic carbocycles. The molecule has 8 nitrogen and oxygen atoms in total. The number of aryl methyl sites for hydroxylation is 1. The van der Waals surface area contributed by atoms with Crippen LogP contribution in [0.1, 0.15) is 5.56 Å². The predicted molar refractivity (Wildman–Crippen MR) is 109 cm³/mol. The van der Waals surface area contributed by atoms with Gasteiger partial charge >= 0.3 is 5.69 Å². The van der Waals surface area contributed by atoms with Crippen LogP contribution in [-0.2, 0) is 0 Å². The number of fused-ring (bicyclic) bond motifs is 1. The van der Waals surface area contributed by atoms with E-state index in [2.05, 4.69) is 15.3 Å². The van der Waals surface area contributed by atoms with E-state index in [1.807, 2.05) is 55.5 Å². The second kappa shape index (κ2) is 7.43. The molecule has 4 rings (SSSR count). The minimum absolute atomic E-state index is 0.395. The van der Waals surface area contributed by atoms with Gasteiger partial charge in [0.05, 0.1) is 15.8 Å². The molecule has 8 heteroatoms. The van der Waals surface area contributed by atoms with Crippen molar-refractivity contribution >= 4 is 28.1 Å². The zero-order valence-corrected chi connectivity index (χ0v) is 15.4. The molecule has 0 atom stereocenters. The Kier molecular flexibility index (Phi) is 4.66. The Labute approximate surface area is 165 Å². The van der Waals surface area contributed by atoms with Crippen LogP contribution in [0.4, 0.5) is 17.2 Å². The summed E-state index contributed by atoms with van der Waals surface area (Å²) < 4.78 is 5.88. The fourth-order valence-corrected chi connectivity index (χ4v) is 2.92. The van der Waals surface area contributed by atoms with E-state index in [4.69, 9.17) is 4.74 Å². The van der Waals surface area contributed by atoms with Crippen molar-refractivity contribution < 1.29 is 14.8 Å². The third-order valence-electron chi connectivity index (χ3n) is 4.34. The maximum atomic E-state index is 11.1. The summed E-state index contributed by atoms with van der Waals surface area (Å²) in [7, 11) is 0. The highest BCUT2D eigenvalue weighted by Gasteiger charge is 2.17. The molecule has 0 saturated carbocycles. The van der Waals surface area contributed by atoms with Gasteiger partial charge in [0.25, 0.3) is 0 Å². The first-order valence-corrected chi connectivity index (χ1v) is 8.74. The van der Waals surface area contributed by atoms with Gasteiger partial charge in [-0.15, -0.1) is 0 Å². The Hall–Kier alpha value is -4.20. The van der Waals surface area contributed by atoms with Crippen LogP contribution in [0.25, 0.3) is 10.9 Å². The van der Waals surface area contributed by atoms with Crippen molar-refractivity contribution in [3.63, 3.8) is 0 Å². The Morgan fingerprint density at radius 2 is 1.86 bits per heavy atom. The van der Waals surface area contributed by atoms with Crippen molar-refractivity contribution in [2.24, 2.45) is 0 Å². The number of benzene rings is 3. The number of nitrogens with one attached hydrogen (secondary N) is 1. The van der Waals surface area contributed by atoms with E-state index in [1.165, 1.54) is 18.5 Å². The highest BCUT2D eigenvalue weighted by atomic mass is 16.6. The van der Waals surface area contributed by atoms with Crippen molar-refractivity contribution in [1.82, 2.24) is 9.97 Å². The molecule has 0 saturated heterocycles. The van der Waals surface area contributed by atoms with E-state index >= 15 is 0 Å². The molecule has 0 radical (unpaired) electrons. The highest BCUT2D eigenvalue weighted by molar-refractivity contribution is 5.93. The van der Waals surface area contributed by atoms with E-state index in [1.54, 1.807) is 0 Å². The predicted octanol–water partition coefficient (Wildman–Crippen LogP) is 5.09. The van der Waals surface area contributed by atoms with E-state index in [0.29, 0.717) is 16.7 Å². The third-order valence-corrected chi connectivity index (χ3v) is 4.34. The number of para-hydroxylation sites is 1. The second-order valence-corrected chi connectivity index (χ2v) is 6.36. The molecule has 29 heavy (non-hydrogen) atoms. The summed E-state index contributed by atoms with van der Waals surface area (Å²) in [5, 5.41) is 24.5. The highest BCUT2D eigenvalue weighted by Crippen LogP contribution is 2.34. The minimum Gasteiger partial charge on any atom is -0.502 e. The number of anilines is 2. The molecule has 0 aliphatic rings. The molecule has 0 spiro atoms. The molecule has 4 aromatic rings. The van der Waals surface area contributed by atoms with Gasteiger partial charge in [0.15, 0.2) is 5.75 Å². The normalized spacial score (nSPS) is 10.7. The van der Waals surface area contributed by atoms with E-state index < -0.39 is 16.4 Å². The first-order chi connectivity index (χ1) is 14.0. The number of phenols is 1. The molecular formula is C21H16N4O4. The molecule has 0 amide bonds. The fourth-order valence-electron chi connectivity index (χ4n) is 2.92. The van der Waals surface area contributed by atoms with Crippen molar-refractivity contribution in [1.29, 1.82) is 0 Å². The van der Waals surface area contributed by atoms with Crippen molar-refractivity contribution in [3.8, 4) is 17.2 Å². The van der Waals surface area contributed by atoms with Crippen LogP contribution in [-0.4, -0.2) is 20.0 Å². The smallest absolute Gasteiger partial charge is 0.311 e. The number of hydrogen-bond donors (Lipinski definition) is 2. The molecule has 0 unspecified atom stereocenters. The Bertz CT molecular complexity index is 1210. The van der Waals surface area contributed by atoms with Gasteiger partial charge in [-0.1, -0.05) is 18.2 Å². The molecule has 0 fully saturated rings. The number of rotatable bonds is 5. The van der Waals surface area contributed by atoms with Gasteiger partial charge in [0.1, 0.15) is 23.6 Å². The van der Waals surface area contributed by atoms with Crippen LogP contribution in [0.2, 0.25) is 0 Å². The first kappa shape index (κ1) is 18.2. The summed E-state index contributed by atoms with van der Waals surface area (Å²) in [6.45, 7) is 1.92. The molecule has 144 valence electrons. The SMILES string of the molecule is Cc1cc(Nc2ncnc3cc(O)c([N+](=O)[O-])cc23)ccc1Oc1ccccc1. The number of nitro groups is 1. The zero-order chi connectivity index (χ0) is 20.4. The molecule has 0 bridgehead atoms. The van der Waals surface area contributed by atoms with Crippen LogP contribution in [0.15, 0.2) is 67.0 Å². The molecule has 0 aliphatic carbocycles. The number of aromatic hydroxyl groups is 1. The maximum absolute atomic E-state index is 11.1. The Balaban J connectivity index is 1.65. The summed E-state index contributed by atoms with van der Waals surface area (Å²) >= 11 is 0. The van der Waals surface area contributed by atoms with Crippen molar-refractivity contribution in [2.45, 2.75) is 6.92 Å².